The smallest absolute Gasteiger partial charge is 0.120 e. The Hall–Kier alpha value is -1.62. The Kier molecular flexibility index (Phi) is 4.95. The first-order valence-electron chi connectivity index (χ1n) is 6.81. The van der Waals surface area contributed by atoms with E-state index in [4.69, 9.17) is 10.5 Å². The molecule has 0 unspecified atom stereocenters. The van der Waals surface area contributed by atoms with Crippen molar-refractivity contribution >= 4 is 17.4 Å². The standard InChI is InChI=1S/C15H21N3OS/c1-4-11-8-12(18(3)17-11)10-20-15-9-13(19-5-2)6-7-14(15)16/h6-9H,4-5,10,16H2,1-3H3. The van der Waals surface area contributed by atoms with Gasteiger partial charge in [-0.15, -0.1) is 11.8 Å². The molecule has 0 saturated carbocycles. The number of aromatic nitrogens is 2. The van der Waals surface area contributed by atoms with Crippen molar-refractivity contribution in [3.63, 3.8) is 0 Å². The molecule has 108 valence electrons. The number of thioether (sulfide) groups is 1. The fourth-order valence-corrected chi connectivity index (χ4v) is 2.93. The number of nitrogens with two attached hydrogens (primary N) is 1. The van der Waals surface area contributed by atoms with E-state index < -0.39 is 0 Å². The van der Waals surface area contributed by atoms with Crippen LogP contribution in [0.5, 0.6) is 5.75 Å². The van der Waals surface area contributed by atoms with E-state index >= 15 is 0 Å². The summed E-state index contributed by atoms with van der Waals surface area (Å²) in [5, 5.41) is 4.46. The Balaban J connectivity index is 2.09. The third-order valence-electron chi connectivity index (χ3n) is 3.06. The lowest BCUT2D eigenvalue weighted by Crippen LogP contribution is -1.98. The van der Waals surface area contributed by atoms with E-state index in [2.05, 4.69) is 18.1 Å². The van der Waals surface area contributed by atoms with E-state index in [1.807, 2.05) is 36.9 Å². The van der Waals surface area contributed by atoms with Gasteiger partial charge in [0.1, 0.15) is 5.75 Å². The van der Waals surface area contributed by atoms with Crippen molar-refractivity contribution in [1.82, 2.24) is 9.78 Å². The van der Waals surface area contributed by atoms with Gasteiger partial charge in [-0.1, -0.05) is 6.92 Å². The number of hydrogen-bond donors (Lipinski definition) is 1. The molecule has 0 amide bonds. The second-order valence-electron chi connectivity index (χ2n) is 4.53. The molecule has 0 aliphatic carbocycles. The first-order chi connectivity index (χ1) is 9.63. The number of nitrogen functional groups attached to an aromatic ring is 1. The maximum absolute atomic E-state index is 6.02. The van der Waals surface area contributed by atoms with Gasteiger partial charge in [0, 0.05) is 29.1 Å². The molecule has 0 aliphatic heterocycles. The average Bonchev–Trinajstić information content (AvgIpc) is 2.80. The van der Waals surface area contributed by atoms with Crippen molar-refractivity contribution < 1.29 is 4.74 Å². The average molecular weight is 291 g/mol. The summed E-state index contributed by atoms with van der Waals surface area (Å²) in [6.45, 7) is 4.75. The largest absolute Gasteiger partial charge is 0.494 e. The van der Waals surface area contributed by atoms with E-state index in [9.17, 15) is 0 Å². The predicted molar refractivity (Wildman–Crippen MR) is 84.2 cm³/mol. The molecule has 1 aromatic heterocycles. The van der Waals surface area contributed by atoms with Crippen LogP contribution in [0.2, 0.25) is 0 Å². The molecule has 1 aromatic carbocycles. The number of benzene rings is 1. The fourth-order valence-electron chi connectivity index (χ4n) is 1.93. The highest BCUT2D eigenvalue weighted by Gasteiger charge is 2.07. The maximum Gasteiger partial charge on any atom is 0.120 e. The predicted octanol–water partition coefficient (Wildman–Crippen LogP) is 3.26. The lowest BCUT2D eigenvalue weighted by Gasteiger charge is -2.09. The van der Waals surface area contributed by atoms with E-state index in [1.54, 1.807) is 11.8 Å². The molecule has 2 aromatic rings. The minimum Gasteiger partial charge on any atom is -0.494 e. The zero-order chi connectivity index (χ0) is 14.5. The van der Waals surface area contributed by atoms with Gasteiger partial charge >= 0.3 is 0 Å². The quantitative estimate of drug-likeness (QED) is 0.655. The van der Waals surface area contributed by atoms with Crippen LogP contribution in [0.15, 0.2) is 29.2 Å². The zero-order valence-corrected chi connectivity index (χ0v) is 13.0. The van der Waals surface area contributed by atoms with E-state index in [0.717, 1.165) is 34.2 Å². The number of anilines is 1. The molecule has 4 nitrogen and oxygen atoms in total. The van der Waals surface area contributed by atoms with Crippen LogP contribution in [0.4, 0.5) is 5.69 Å². The topological polar surface area (TPSA) is 53.1 Å². The van der Waals surface area contributed by atoms with Crippen LogP contribution in [0.3, 0.4) is 0 Å². The SMILES string of the molecule is CCOc1ccc(N)c(SCc2cc(CC)nn2C)c1. The monoisotopic (exact) mass is 291 g/mol. The van der Waals surface area contributed by atoms with Crippen molar-refractivity contribution in [1.29, 1.82) is 0 Å². The van der Waals surface area contributed by atoms with Crippen LogP contribution in [0.25, 0.3) is 0 Å². The molecule has 20 heavy (non-hydrogen) atoms. The Bertz CT molecular complexity index is 580. The number of rotatable bonds is 6. The Morgan fingerprint density at radius 1 is 1.30 bits per heavy atom. The first kappa shape index (κ1) is 14.8. The molecule has 0 atom stereocenters. The number of hydrogen-bond acceptors (Lipinski definition) is 4. The van der Waals surface area contributed by atoms with Crippen LogP contribution in [-0.2, 0) is 19.2 Å². The maximum atomic E-state index is 6.02. The van der Waals surface area contributed by atoms with Crippen LogP contribution >= 0.6 is 11.8 Å². The Morgan fingerprint density at radius 2 is 2.10 bits per heavy atom. The molecule has 1 heterocycles. The van der Waals surface area contributed by atoms with Crippen molar-refractivity contribution in [2.75, 3.05) is 12.3 Å². The Morgan fingerprint density at radius 3 is 2.75 bits per heavy atom. The summed E-state index contributed by atoms with van der Waals surface area (Å²) in [6.07, 6.45) is 0.959. The van der Waals surface area contributed by atoms with Gasteiger partial charge in [-0.05, 0) is 37.6 Å². The van der Waals surface area contributed by atoms with Gasteiger partial charge in [-0.25, -0.2) is 0 Å². The van der Waals surface area contributed by atoms with Crippen LogP contribution < -0.4 is 10.5 Å². The van der Waals surface area contributed by atoms with Gasteiger partial charge in [0.05, 0.1) is 12.3 Å². The highest BCUT2D eigenvalue weighted by atomic mass is 32.2. The van der Waals surface area contributed by atoms with Gasteiger partial charge in [-0.2, -0.15) is 5.10 Å². The van der Waals surface area contributed by atoms with Gasteiger partial charge in [0.2, 0.25) is 0 Å². The minimum absolute atomic E-state index is 0.662. The van der Waals surface area contributed by atoms with Crippen LogP contribution in [0, 0.1) is 0 Å². The van der Waals surface area contributed by atoms with E-state index in [-0.39, 0.29) is 0 Å². The number of aryl methyl sites for hydroxylation is 2. The molecular weight excluding hydrogens is 270 g/mol. The van der Waals surface area contributed by atoms with Gasteiger partial charge in [-0.3, -0.25) is 4.68 Å². The Labute approximate surface area is 124 Å². The van der Waals surface area contributed by atoms with Crippen molar-refractivity contribution in [3.8, 4) is 5.75 Å². The summed E-state index contributed by atoms with van der Waals surface area (Å²) < 4.78 is 7.45. The van der Waals surface area contributed by atoms with Crippen molar-refractivity contribution in [2.24, 2.45) is 7.05 Å². The third kappa shape index (κ3) is 3.48. The summed E-state index contributed by atoms with van der Waals surface area (Å²) in [4.78, 5) is 1.05. The number of ether oxygens (including phenoxy) is 1. The first-order valence-corrected chi connectivity index (χ1v) is 7.79. The summed E-state index contributed by atoms with van der Waals surface area (Å²) in [7, 11) is 1.98. The summed E-state index contributed by atoms with van der Waals surface area (Å²) >= 11 is 1.71. The second-order valence-corrected chi connectivity index (χ2v) is 5.54. The van der Waals surface area contributed by atoms with E-state index in [1.165, 1.54) is 5.69 Å². The van der Waals surface area contributed by atoms with Crippen molar-refractivity contribution in [2.45, 2.75) is 30.9 Å². The number of nitrogens with zero attached hydrogens (tertiary/aromatic N) is 2. The van der Waals surface area contributed by atoms with E-state index in [0.29, 0.717) is 6.61 Å². The molecule has 2 rings (SSSR count). The molecule has 0 bridgehead atoms. The summed E-state index contributed by atoms with van der Waals surface area (Å²) in [6, 6.07) is 7.95. The minimum atomic E-state index is 0.662. The highest BCUT2D eigenvalue weighted by Crippen LogP contribution is 2.31. The fraction of sp³-hybridized carbons (Fsp3) is 0.400. The zero-order valence-electron chi connectivity index (χ0n) is 12.2. The molecular formula is C15H21N3OS. The molecule has 5 heteroatoms. The molecule has 0 saturated heterocycles. The molecule has 0 spiro atoms. The van der Waals surface area contributed by atoms with Crippen LogP contribution in [0.1, 0.15) is 25.2 Å². The second kappa shape index (κ2) is 6.70. The lowest BCUT2D eigenvalue weighted by atomic mass is 10.3. The summed E-state index contributed by atoms with van der Waals surface area (Å²) in [5.41, 5.74) is 9.13. The van der Waals surface area contributed by atoms with Crippen molar-refractivity contribution in [3.05, 3.63) is 35.7 Å². The normalized spacial score (nSPS) is 10.8. The molecule has 0 fully saturated rings. The highest BCUT2D eigenvalue weighted by molar-refractivity contribution is 7.98. The molecule has 0 radical (unpaired) electrons. The lowest BCUT2D eigenvalue weighted by molar-refractivity contribution is 0.339. The van der Waals surface area contributed by atoms with Gasteiger partial charge in [0.25, 0.3) is 0 Å². The van der Waals surface area contributed by atoms with Gasteiger partial charge < -0.3 is 10.5 Å². The third-order valence-corrected chi connectivity index (χ3v) is 4.17. The van der Waals surface area contributed by atoms with Gasteiger partial charge in [0.15, 0.2) is 0 Å². The molecule has 0 aliphatic rings. The molecule has 2 N–H and O–H groups in total. The van der Waals surface area contributed by atoms with Crippen LogP contribution in [-0.4, -0.2) is 16.4 Å². The summed E-state index contributed by atoms with van der Waals surface area (Å²) in [5.74, 6) is 1.71.